The van der Waals surface area contributed by atoms with Crippen LogP contribution in [-0.4, -0.2) is 52.7 Å². The van der Waals surface area contributed by atoms with Crippen molar-refractivity contribution >= 4 is 17.9 Å². The standard InChI is InChI=1S/C22H24N2O6/c1-22(2)20(27)24(21(28)23-22)12-17(25)14-30-19(26)16-8-10-18(11-9-16)29-13-15-6-4-3-5-7-15/h3-11,17,25H,12-14H2,1-2H3,(H,23,28). The van der Waals surface area contributed by atoms with E-state index in [4.69, 9.17) is 9.47 Å². The maximum absolute atomic E-state index is 12.2. The molecule has 2 aromatic rings. The molecule has 0 spiro atoms. The maximum Gasteiger partial charge on any atom is 0.338 e. The number of hydrogen-bond donors (Lipinski definition) is 2. The Morgan fingerprint density at radius 3 is 2.37 bits per heavy atom. The van der Waals surface area contributed by atoms with Gasteiger partial charge in [0, 0.05) is 0 Å². The molecule has 0 saturated carbocycles. The number of nitrogens with one attached hydrogen (secondary N) is 1. The minimum Gasteiger partial charge on any atom is -0.489 e. The molecule has 1 aliphatic heterocycles. The molecule has 0 radical (unpaired) electrons. The first-order valence-corrected chi connectivity index (χ1v) is 9.52. The molecule has 0 bridgehead atoms. The predicted molar refractivity (Wildman–Crippen MR) is 108 cm³/mol. The van der Waals surface area contributed by atoms with E-state index >= 15 is 0 Å². The van der Waals surface area contributed by atoms with E-state index in [1.165, 1.54) is 0 Å². The van der Waals surface area contributed by atoms with Gasteiger partial charge in [-0.05, 0) is 43.7 Å². The molecule has 8 nitrogen and oxygen atoms in total. The molecule has 0 aromatic heterocycles. The number of benzene rings is 2. The van der Waals surface area contributed by atoms with Crippen LogP contribution in [-0.2, 0) is 16.1 Å². The van der Waals surface area contributed by atoms with Gasteiger partial charge in [-0.3, -0.25) is 9.69 Å². The van der Waals surface area contributed by atoms with Crippen LogP contribution in [0.2, 0.25) is 0 Å². The predicted octanol–water partition coefficient (Wildman–Crippen LogP) is 2.11. The first-order chi connectivity index (χ1) is 14.3. The summed E-state index contributed by atoms with van der Waals surface area (Å²) in [5.74, 6) is -0.457. The van der Waals surface area contributed by atoms with Crippen molar-refractivity contribution in [1.82, 2.24) is 10.2 Å². The first-order valence-electron chi connectivity index (χ1n) is 9.52. The number of aliphatic hydroxyl groups excluding tert-OH is 1. The summed E-state index contributed by atoms with van der Waals surface area (Å²) in [6.07, 6.45) is -1.19. The van der Waals surface area contributed by atoms with Crippen molar-refractivity contribution in [3.8, 4) is 5.75 Å². The topological polar surface area (TPSA) is 105 Å². The zero-order valence-corrected chi connectivity index (χ0v) is 16.8. The van der Waals surface area contributed by atoms with E-state index in [0.29, 0.717) is 17.9 Å². The largest absolute Gasteiger partial charge is 0.489 e. The second kappa shape index (κ2) is 8.96. The molecule has 1 unspecified atom stereocenters. The zero-order valence-electron chi connectivity index (χ0n) is 16.8. The van der Waals surface area contributed by atoms with E-state index in [1.807, 2.05) is 30.3 Å². The highest BCUT2D eigenvalue weighted by molar-refractivity contribution is 6.06. The van der Waals surface area contributed by atoms with Crippen molar-refractivity contribution in [2.75, 3.05) is 13.2 Å². The van der Waals surface area contributed by atoms with Gasteiger partial charge in [0.1, 0.15) is 30.6 Å². The molecular weight excluding hydrogens is 388 g/mol. The van der Waals surface area contributed by atoms with Gasteiger partial charge in [-0.25, -0.2) is 9.59 Å². The van der Waals surface area contributed by atoms with E-state index in [-0.39, 0.29) is 13.2 Å². The number of esters is 1. The number of amides is 3. The molecule has 3 amide bonds. The van der Waals surface area contributed by atoms with Gasteiger partial charge >= 0.3 is 12.0 Å². The SMILES string of the molecule is CC1(C)NC(=O)N(CC(O)COC(=O)c2ccc(OCc3ccccc3)cc2)C1=O. The summed E-state index contributed by atoms with van der Waals surface area (Å²) in [5.41, 5.74) is 0.312. The van der Waals surface area contributed by atoms with E-state index < -0.39 is 29.6 Å². The summed E-state index contributed by atoms with van der Waals surface area (Å²) in [7, 11) is 0. The number of nitrogens with zero attached hydrogens (tertiary/aromatic N) is 1. The van der Waals surface area contributed by atoms with E-state index in [1.54, 1.807) is 38.1 Å². The van der Waals surface area contributed by atoms with E-state index in [0.717, 1.165) is 10.5 Å². The summed E-state index contributed by atoms with van der Waals surface area (Å²) < 4.78 is 10.8. The molecule has 8 heteroatoms. The lowest BCUT2D eigenvalue weighted by Crippen LogP contribution is -2.42. The number of imide groups is 1. The van der Waals surface area contributed by atoms with Gasteiger partial charge in [-0.2, -0.15) is 0 Å². The third-order valence-corrected chi connectivity index (χ3v) is 4.58. The summed E-state index contributed by atoms with van der Waals surface area (Å²) in [5, 5.41) is 12.6. The van der Waals surface area contributed by atoms with Gasteiger partial charge in [0.25, 0.3) is 5.91 Å². The van der Waals surface area contributed by atoms with Crippen molar-refractivity contribution in [3.05, 3.63) is 65.7 Å². The molecule has 1 saturated heterocycles. The quantitative estimate of drug-likeness (QED) is 0.508. The smallest absolute Gasteiger partial charge is 0.338 e. The van der Waals surface area contributed by atoms with Crippen LogP contribution in [0.4, 0.5) is 4.79 Å². The Morgan fingerprint density at radius 1 is 1.10 bits per heavy atom. The molecule has 1 aliphatic rings. The average molecular weight is 412 g/mol. The normalized spacial score (nSPS) is 16.2. The minimum absolute atomic E-state index is 0.256. The second-order valence-corrected chi connectivity index (χ2v) is 7.52. The highest BCUT2D eigenvalue weighted by Crippen LogP contribution is 2.17. The Kier molecular flexibility index (Phi) is 6.37. The van der Waals surface area contributed by atoms with Crippen LogP contribution in [0.3, 0.4) is 0 Å². The van der Waals surface area contributed by atoms with Crippen LogP contribution < -0.4 is 10.1 Å². The third-order valence-electron chi connectivity index (χ3n) is 4.58. The fourth-order valence-electron chi connectivity index (χ4n) is 2.93. The Balaban J connectivity index is 1.46. The van der Waals surface area contributed by atoms with Gasteiger partial charge in [0.15, 0.2) is 0 Å². The molecule has 3 rings (SSSR count). The highest BCUT2D eigenvalue weighted by atomic mass is 16.5. The van der Waals surface area contributed by atoms with Crippen LogP contribution in [0.1, 0.15) is 29.8 Å². The van der Waals surface area contributed by atoms with Gasteiger partial charge in [0.2, 0.25) is 0 Å². The zero-order chi connectivity index (χ0) is 21.7. The van der Waals surface area contributed by atoms with Crippen molar-refractivity contribution in [1.29, 1.82) is 0 Å². The Bertz CT molecular complexity index is 911. The molecule has 1 fully saturated rings. The molecule has 2 N–H and O–H groups in total. The maximum atomic E-state index is 12.2. The van der Waals surface area contributed by atoms with Crippen molar-refractivity contribution < 1.29 is 29.0 Å². The van der Waals surface area contributed by atoms with Crippen molar-refractivity contribution in [3.63, 3.8) is 0 Å². The minimum atomic E-state index is -1.19. The van der Waals surface area contributed by atoms with Gasteiger partial charge in [-0.1, -0.05) is 30.3 Å². The monoisotopic (exact) mass is 412 g/mol. The molecule has 2 aromatic carbocycles. The fraction of sp³-hybridized carbons (Fsp3) is 0.318. The Hall–Kier alpha value is -3.39. The molecular formula is C22H24N2O6. The number of β-amino-alcohol motifs (C(OH)–C–C–N with tert-alkyl or cyclic N) is 1. The third kappa shape index (κ3) is 5.15. The molecule has 1 heterocycles. The molecule has 0 aliphatic carbocycles. The number of hydrogen-bond acceptors (Lipinski definition) is 6. The lowest BCUT2D eigenvalue weighted by molar-refractivity contribution is -0.131. The van der Waals surface area contributed by atoms with E-state index in [2.05, 4.69) is 5.32 Å². The molecule has 30 heavy (non-hydrogen) atoms. The number of ether oxygens (including phenoxy) is 2. The average Bonchev–Trinajstić information content (AvgIpc) is 2.93. The lowest BCUT2D eigenvalue weighted by atomic mass is 10.1. The van der Waals surface area contributed by atoms with Gasteiger partial charge in [0.05, 0.1) is 12.1 Å². The second-order valence-electron chi connectivity index (χ2n) is 7.52. The summed E-state index contributed by atoms with van der Waals surface area (Å²) in [6, 6.07) is 15.6. The highest BCUT2D eigenvalue weighted by Gasteiger charge is 2.44. The first kappa shape index (κ1) is 21.3. The lowest BCUT2D eigenvalue weighted by Gasteiger charge is -2.19. The van der Waals surface area contributed by atoms with Crippen molar-refractivity contribution in [2.24, 2.45) is 0 Å². The number of carbonyl (C=O) groups is 3. The number of aliphatic hydroxyl groups is 1. The summed E-state index contributed by atoms with van der Waals surface area (Å²) >= 11 is 0. The van der Waals surface area contributed by atoms with Crippen LogP contribution in [0.15, 0.2) is 54.6 Å². The van der Waals surface area contributed by atoms with Crippen LogP contribution in [0.5, 0.6) is 5.75 Å². The fourth-order valence-corrected chi connectivity index (χ4v) is 2.93. The number of urea groups is 1. The van der Waals surface area contributed by atoms with Crippen LogP contribution in [0, 0.1) is 0 Å². The van der Waals surface area contributed by atoms with Crippen LogP contribution >= 0.6 is 0 Å². The summed E-state index contributed by atoms with van der Waals surface area (Å²) in [6.45, 7) is 2.96. The molecule has 1 atom stereocenters. The van der Waals surface area contributed by atoms with Gasteiger partial charge < -0.3 is 19.9 Å². The number of carbonyl (C=O) groups excluding carboxylic acids is 3. The van der Waals surface area contributed by atoms with Crippen LogP contribution in [0.25, 0.3) is 0 Å². The van der Waals surface area contributed by atoms with E-state index in [9.17, 15) is 19.5 Å². The molecule has 158 valence electrons. The Labute approximate surface area is 174 Å². The van der Waals surface area contributed by atoms with Crippen molar-refractivity contribution in [2.45, 2.75) is 32.1 Å². The Morgan fingerprint density at radius 2 is 1.77 bits per heavy atom. The summed E-state index contributed by atoms with van der Waals surface area (Å²) in [4.78, 5) is 37.0. The van der Waals surface area contributed by atoms with Gasteiger partial charge in [-0.15, -0.1) is 0 Å². The number of rotatable bonds is 8.